The Labute approximate surface area is 169 Å². The van der Waals surface area contributed by atoms with Crippen LogP contribution in [0, 0.1) is 11.3 Å². The van der Waals surface area contributed by atoms with E-state index in [9.17, 15) is 9.90 Å². The topological polar surface area (TPSA) is 99.6 Å². The fourth-order valence-electron chi connectivity index (χ4n) is 3.19. The van der Waals surface area contributed by atoms with Crippen molar-refractivity contribution < 1.29 is 14.6 Å². The Morgan fingerprint density at radius 3 is 2.41 bits per heavy atom. The lowest BCUT2D eigenvalue weighted by molar-refractivity contribution is -0.119. The molecule has 1 amide bonds. The Bertz CT molecular complexity index is 1030. The summed E-state index contributed by atoms with van der Waals surface area (Å²) >= 11 is 0. The number of hydrogen-bond donors (Lipinski definition) is 2. The van der Waals surface area contributed by atoms with Crippen molar-refractivity contribution in [3.05, 3.63) is 89.5 Å². The molecular weight excluding hydrogens is 366 g/mol. The van der Waals surface area contributed by atoms with E-state index in [1.807, 2.05) is 30.3 Å². The van der Waals surface area contributed by atoms with Gasteiger partial charge in [-0.2, -0.15) is 5.26 Å². The highest BCUT2D eigenvalue weighted by molar-refractivity contribution is 5.86. The first-order valence-corrected chi connectivity index (χ1v) is 9.00. The highest BCUT2D eigenvalue weighted by atomic mass is 16.5. The zero-order chi connectivity index (χ0) is 20.8. The maximum absolute atomic E-state index is 12.6. The van der Waals surface area contributed by atoms with Crippen molar-refractivity contribution in [2.24, 2.45) is 5.73 Å². The highest BCUT2D eigenvalue weighted by Gasteiger charge is 2.29. The number of nitrogens with zero attached hydrogens (tertiary/aromatic N) is 2. The van der Waals surface area contributed by atoms with Crippen LogP contribution in [0.2, 0.25) is 0 Å². The van der Waals surface area contributed by atoms with Gasteiger partial charge < -0.3 is 20.5 Å². The number of amides is 1. The van der Waals surface area contributed by atoms with Gasteiger partial charge in [-0.3, -0.25) is 4.79 Å². The summed E-state index contributed by atoms with van der Waals surface area (Å²) in [6.45, 7) is 0.372. The molecule has 3 rings (SSSR count). The molecule has 0 aliphatic heterocycles. The van der Waals surface area contributed by atoms with Crippen molar-refractivity contribution in [1.82, 2.24) is 0 Å². The van der Waals surface area contributed by atoms with E-state index in [4.69, 9.17) is 15.7 Å². The van der Waals surface area contributed by atoms with Crippen molar-refractivity contribution in [2.75, 3.05) is 12.0 Å². The van der Waals surface area contributed by atoms with E-state index >= 15 is 0 Å². The van der Waals surface area contributed by atoms with E-state index in [0.29, 0.717) is 29.1 Å². The van der Waals surface area contributed by atoms with E-state index in [2.05, 4.69) is 6.07 Å². The van der Waals surface area contributed by atoms with Gasteiger partial charge in [0, 0.05) is 17.8 Å². The molecule has 3 aromatic carbocycles. The average molecular weight is 387 g/mol. The van der Waals surface area contributed by atoms with E-state index < -0.39 is 11.9 Å². The minimum atomic E-state index is -0.946. The fourth-order valence-corrected chi connectivity index (χ4v) is 3.19. The lowest BCUT2D eigenvalue weighted by atomic mass is 10.0. The third-order valence-electron chi connectivity index (χ3n) is 4.63. The molecule has 0 heterocycles. The summed E-state index contributed by atoms with van der Waals surface area (Å²) in [6.07, 6.45) is 0. The van der Waals surface area contributed by atoms with Gasteiger partial charge in [0.1, 0.15) is 17.5 Å². The molecule has 146 valence electrons. The second-order valence-corrected chi connectivity index (χ2v) is 6.50. The normalized spacial score (nSPS) is 11.3. The Morgan fingerprint density at radius 1 is 1.14 bits per heavy atom. The number of benzene rings is 3. The first kappa shape index (κ1) is 19.8. The quantitative estimate of drug-likeness (QED) is 0.646. The smallest absolute Gasteiger partial charge is 0.244 e. The summed E-state index contributed by atoms with van der Waals surface area (Å²) in [5.74, 6) is -0.168. The van der Waals surface area contributed by atoms with Gasteiger partial charge in [0.15, 0.2) is 0 Å². The third kappa shape index (κ3) is 4.47. The lowest BCUT2D eigenvalue weighted by Gasteiger charge is -2.32. The van der Waals surface area contributed by atoms with Crippen LogP contribution in [0.25, 0.3) is 0 Å². The molecule has 0 radical (unpaired) electrons. The van der Waals surface area contributed by atoms with Crippen LogP contribution in [0.1, 0.15) is 22.7 Å². The maximum atomic E-state index is 12.6. The molecule has 0 bridgehead atoms. The molecule has 6 heteroatoms. The minimum absolute atomic E-state index is 0.0543. The SMILES string of the molecule is COc1ccc(O)c(C(C(N)=O)N(Cc2ccccc2)c2ccc(C#N)cc2)c1. The molecule has 0 aromatic heterocycles. The van der Waals surface area contributed by atoms with Gasteiger partial charge in [-0.1, -0.05) is 30.3 Å². The second-order valence-electron chi connectivity index (χ2n) is 6.50. The van der Waals surface area contributed by atoms with E-state index in [0.717, 1.165) is 5.56 Å². The number of methoxy groups -OCH3 is 1. The number of carbonyl (C=O) groups excluding carboxylic acids is 1. The van der Waals surface area contributed by atoms with Crippen molar-refractivity contribution in [3.63, 3.8) is 0 Å². The standard InChI is InChI=1S/C23H21N3O3/c1-29-19-11-12-21(27)20(13-19)22(23(25)28)26(15-17-5-3-2-4-6-17)18-9-7-16(14-24)8-10-18/h2-13,22,27H,15H2,1H3,(H2,25,28). The van der Waals surface area contributed by atoms with E-state index in [1.165, 1.54) is 13.2 Å². The monoisotopic (exact) mass is 387 g/mol. The van der Waals surface area contributed by atoms with Crippen LogP contribution in [-0.2, 0) is 11.3 Å². The number of phenols is 1. The van der Waals surface area contributed by atoms with Gasteiger partial charge in [-0.25, -0.2) is 0 Å². The minimum Gasteiger partial charge on any atom is -0.508 e. The van der Waals surface area contributed by atoms with E-state index in [1.54, 1.807) is 41.3 Å². The predicted octanol–water partition coefficient (Wildman–Crippen LogP) is 3.51. The fraction of sp³-hybridized carbons (Fsp3) is 0.130. The van der Waals surface area contributed by atoms with Crippen LogP contribution >= 0.6 is 0 Å². The van der Waals surface area contributed by atoms with Crippen LogP contribution in [0.3, 0.4) is 0 Å². The Morgan fingerprint density at radius 2 is 1.83 bits per heavy atom. The summed E-state index contributed by atoms with van der Waals surface area (Å²) < 4.78 is 5.26. The number of anilines is 1. The number of nitrogens with two attached hydrogens (primary N) is 1. The van der Waals surface area contributed by atoms with Gasteiger partial charge in [0.05, 0.1) is 18.7 Å². The molecule has 1 atom stereocenters. The molecule has 0 aliphatic rings. The summed E-state index contributed by atoms with van der Waals surface area (Å²) in [4.78, 5) is 14.4. The molecule has 0 spiro atoms. The Kier molecular flexibility index (Phi) is 6.00. The number of primary amides is 1. The van der Waals surface area contributed by atoms with Crippen molar-refractivity contribution in [3.8, 4) is 17.6 Å². The summed E-state index contributed by atoms with van der Waals surface area (Å²) in [6, 6.07) is 22.3. The molecule has 0 fully saturated rings. The number of ether oxygens (including phenoxy) is 1. The van der Waals surface area contributed by atoms with Gasteiger partial charge >= 0.3 is 0 Å². The first-order valence-electron chi connectivity index (χ1n) is 9.00. The predicted molar refractivity (Wildman–Crippen MR) is 110 cm³/mol. The third-order valence-corrected chi connectivity index (χ3v) is 4.63. The summed E-state index contributed by atoms with van der Waals surface area (Å²) in [5.41, 5.74) is 8.30. The zero-order valence-electron chi connectivity index (χ0n) is 15.9. The largest absolute Gasteiger partial charge is 0.508 e. The molecule has 6 nitrogen and oxygen atoms in total. The second kappa shape index (κ2) is 8.81. The lowest BCUT2D eigenvalue weighted by Crippen LogP contribution is -2.37. The molecule has 3 aromatic rings. The highest BCUT2D eigenvalue weighted by Crippen LogP contribution is 2.35. The van der Waals surface area contributed by atoms with Crippen LogP contribution in [0.4, 0.5) is 5.69 Å². The number of hydrogen-bond acceptors (Lipinski definition) is 5. The van der Waals surface area contributed by atoms with Crippen LogP contribution in [0.15, 0.2) is 72.8 Å². The van der Waals surface area contributed by atoms with Crippen LogP contribution < -0.4 is 15.4 Å². The number of rotatable bonds is 7. The van der Waals surface area contributed by atoms with Gasteiger partial charge in [0.25, 0.3) is 0 Å². The molecule has 0 saturated heterocycles. The molecule has 3 N–H and O–H groups in total. The average Bonchev–Trinajstić information content (AvgIpc) is 2.75. The van der Waals surface area contributed by atoms with Gasteiger partial charge in [-0.15, -0.1) is 0 Å². The molecular formula is C23H21N3O3. The maximum Gasteiger partial charge on any atom is 0.244 e. The molecule has 29 heavy (non-hydrogen) atoms. The Balaban J connectivity index is 2.13. The molecule has 0 saturated carbocycles. The van der Waals surface area contributed by atoms with Crippen LogP contribution in [-0.4, -0.2) is 18.1 Å². The van der Waals surface area contributed by atoms with Gasteiger partial charge in [-0.05, 0) is 48.0 Å². The number of aromatic hydroxyl groups is 1. The number of phenolic OH excluding ortho intramolecular Hbond substituents is 1. The van der Waals surface area contributed by atoms with Crippen LogP contribution in [0.5, 0.6) is 11.5 Å². The number of nitriles is 1. The number of carbonyl (C=O) groups is 1. The van der Waals surface area contributed by atoms with Crippen molar-refractivity contribution in [2.45, 2.75) is 12.6 Å². The van der Waals surface area contributed by atoms with E-state index in [-0.39, 0.29) is 5.75 Å². The molecule has 0 aliphatic carbocycles. The zero-order valence-corrected chi connectivity index (χ0v) is 15.9. The molecule has 1 unspecified atom stereocenters. The van der Waals surface area contributed by atoms with Crippen molar-refractivity contribution in [1.29, 1.82) is 5.26 Å². The Hall–Kier alpha value is -3.98. The summed E-state index contributed by atoms with van der Waals surface area (Å²) in [5, 5.41) is 19.5. The first-order chi connectivity index (χ1) is 14.0. The van der Waals surface area contributed by atoms with Crippen molar-refractivity contribution >= 4 is 11.6 Å². The summed E-state index contributed by atoms with van der Waals surface area (Å²) in [7, 11) is 1.51. The van der Waals surface area contributed by atoms with Gasteiger partial charge in [0.2, 0.25) is 5.91 Å².